The molecule has 2 rings (SSSR count). The lowest BCUT2D eigenvalue weighted by Gasteiger charge is -2.19. The Labute approximate surface area is 104 Å². The standard InChI is InChI=1S/C14H22N2O/c1-3-15-11(2)13-9-6-10-16-14(13)17-12-7-4-5-8-12/h6,9-12,15H,3-5,7-8H2,1-2H3. The van der Waals surface area contributed by atoms with Gasteiger partial charge in [-0.3, -0.25) is 0 Å². The van der Waals surface area contributed by atoms with Crippen LogP contribution in [0.2, 0.25) is 0 Å². The minimum Gasteiger partial charge on any atom is -0.474 e. The number of nitrogens with zero attached hydrogens (tertiary/aromatic N) is 1. The molecular weight excluding hydrogens is 212 g/mol. The fraction of sp³-hybridized carbons (Fsp3) is 0.643. The lowest BCUT2D eigenvalue weighted by Crippen LogP contribution is -2.20. The van der Waals surface area contributed by atoms with Gasteiger partial charge in [0.15, 0.2) is 0 Å². The summed E-state index contributed by atoms with van der Waals surface area (Å²) in [5, 5.41) is 3.41. The first-order valence-electron chi connectivity index (χ1n) is 6.66. The van der Waals surface area contributed by atoms with Gasteiger partial charge >= 0.3 is 0 Å². The van der Waals surface area contributed by atoms with Gasteiger partial charge in [-0.25, -0.2) is 4.98 Å². The topological polar surface area (TPSA) is 34.2 Å². The van der Waals surface area contributed by atoms with Crippen molar-refractivity contribution in [3.8, 4) is 5.88 Å². The van der Waals surface area contributed by atoms with Crippen molar-refractivity contribution in [2.45, 2.75) is 51.7 Å². The van der Waals surface area contributed by atoms with Gasteiger partial charge in [0.25, 0.3) is 0 Å². The normalized spacial score (nSPS) is 18.2. The Hall–Kier alpha value is -1.09. The van der Waals surface area contributed by atoms with Gasteiger partial charge in [-0.2, -0.15) is 0 Å². The highest BCUT2D eigenvalue weighted by atomic mass is 16.5. The Bertz CT molecular complexity index is 348. The number of nitrogens with one attached hydrogen (secondary N) is 1. The maximum absolute atomic E-state index is 6.02. The van der Waals surface area contributed by atoms with Crippen LogP contribution in [0.4, 0.5) is 0 Å². The van der Waals surface area contributed by atoms with Crippen LogP contribution in [0, 0.1) is 0 Å². The van der Waals surface area contributed by atoms with Gasteiger partial charge in [-0.1, -0.05) is 13.0 Å². The number of ether oxygens (including phenoxy) is 1. The van der Waals surface area contributed by atoms with Crippen molar-refractivity contribution in [2.24, 2.45) is 0 Å². The molecule has 3 nitrogen and oxygen atoms in total. The molecule has 1 aliphatic carbocycles. The average Bonchev–Trinajstić information content (AvgIpc) is 2.83. The molecule has 17 heavy (non-hydrogen) atoms. The van der Waals surface area contributed by atoms with Gasteiger partial charge in [0, 0.05) is 17.8 Å². The molecule has 1 aromatic rings. The zero-order valence-electron chi connectivity index (χ0n) is 10.8. The number of aromatic nitrogens is 1. The van der Waals surface area contributed by atoms with Crippen molar-refractivity contribution < 1.29 is 4.74 Å². The molecule has 0 amide bonds. The largest absolute Gasteiger partial charge is 0.474 e. The average molecular weight is 234 g/mol. The Morgan fingerprint density at radius 3 is 2.94 bits per heavy atom. The summed E-state index contributed by atoms with van der Waals surface area (Å²) >= 11 is 0. The van der Waals surface area contributed by atoms with Gasteiger partial charge in [0.2, 0.25) is 5.88 Å². The van der Waals surface area contributed by atoms with Crippen LogP contribution in [-0.4, -0.2) is 17.6 Å². The van der Waals surface area contributed by atoms with Gasteiger partial charge in [-0.05, 0) is 45.2 Å². The third-order valence-electron chi connectivity index (χ3n) is 3.36. The van der Waals surface area contributed by atoms with Crippen LogP contribution < -0.4 is 10.1 Å². The number of pyridine rings is 1. The maximum atomic E-state index is 6.02. The van der Waals surface area contributed by atoms with Crippen LogP contribution in [0.1, 0.15) is 51.1 Å². The molecule has 1 heterocycles. The fourth-order valence-electron chi connectivity index (χ4n) is 2.41. The van der Waals surface area contributed by atoms with E-state index < -0.39 is 0 Å². The molecule has 3 heteroatoms. The van der Waals surface area contributed by atoms with E-state index in [1.807, 2.05) is 12.3 Å². The quantitative estimate of drug-likeness (QED) is 0.850. The second-order valence-corrected chi connectivity index (χ2v) is 4.70. The van der Waals surface area contributed by atoms with Crippen LogP contribution >= 0.6 is 0 Å². The molecule has 1 fully saturated rings. The van der Waals surface area contributed by atoms with Gasteiger partial charge in [0.1, 0.15) is 6.10 Å². The molecule has 1 unspecified atom stereocenters. The smallest absolute Gasteiger partial charge is 0.218 e. The highest BCUT2D eigenvalue weighted by molar-refractivity contribution is 5.28. The first-order valence-corrected chi connectivity index (χ1v) is 6.66. The van der Waals surface area contributed by atoms with E-state index >= 15 is 0 Å². The minimum absolute atomic E-state index is 0.296. The van der Waals surface area contributed by atoms with E-state index in [-0.39, 0.29) is 0 Å². The summed E-state index contributed by atoms with van der Waals surface area (Å²) in [6.45, 7) is 5.23. The Morgan fingerprint density at radius 2 is 2.24 bits per heavy atom. The minimum atomic E-state index is 0.296. The Morgan fingerprint density at radius 1 is 1.47 bits per heavy atom. The summed E-state index contributed by atoms with van der Waals surface area (Å²) in [5.74, 6) is 0.813. The van der Waals surface area contributed by atoms with Gasteiger partial charge in [0.05, 0.1) is 0 Å². The molecule has 1 N–H and O–H groups in total. The third kappa shape index (κ3) is 3.19. The number of hydrogen-bond donors (Lipinski definition) is 1. The third-order valence-corrected chi connectivity index (χ3v) is 3.36. The molecule has 1 aliphatic rings. The molecule has 0 radical (unpaired) electrons. The summed E-state index contributed by atoms with van der Waals surface area (Å²) in [5.41, 5.74) is 1.17. The van der Waals surface area contributed by atoms with Crippen molar-refractivity contribution in [1.29, 1.82) is 0 Å². The molecule has 94 valence electrons. The van der Waals surface area contributed by atoms with Crippen LogP contribution in [0.3, 0.4) is 0 Å². The van der Waals surface area contributed by atoms with Crippen molar-refractivity contribution in [3.63, 3.8) is 0 Å². The fourth-order valence-corrected chi connectivity index (χ4v) is 2.41. The predicted molar refractivity (Wildman–Crippen MR) is 69.2 cm³/mol. The maximum Gasteiger partial charge on any atom is 0.218 e. The Balaban J connectivity index is 2.09. The SMILES string of the molecule is CCNC(C)c1cccnc1OC1CCCC1. The van der Waals surface area contributed by atoms with E-state index in [1.165, 1.54) is 31.2 Å². The summed E-state index contributed by atoms with van der Waals surface area (Å²) in [4.78, 5) is 4.38. The number of hydrogen-bond acceptors (Lipinski definition) is 3. The molecule has 0 bridgehead atoms. The van der Waals surface area contributed by atoms with E-state index in [4.69, 9.17) is 4.74 Å². The molecule has 1 atom stereocenters. The summed E-state index contributed by atoms with van der Waals surface area (Å²) in [6, 6.07) is 4.38. The van der Waals surface area contributed by atoms with Crippen molar-refractivity contribution in [3.05, 3.63) is 23.9 Å². The lowest BCUT2D eigenvalue weighted by atomic mass is 10.1. The Kier molecular flexibility index (Phi) is 4.37. The molecule has 0 aliphatic heterocycles. The summed E-state index contributed by atoms with van der Waals surface area (Å²) in [6.07, 6.45) is 7.10. The van der Waals surface area contributed by atoms with Crippen LogP contribution in [-0.2, 0) is 0 Å². The highest BCUT2D eigenvalue weighted by Crippen LogP contribution is 2.27. The molecule has 1 saturated carbocycles. The molecule has 0 saturated heterocycles. The van der Waals surface area contributed by atoms with E-state index in [9.17, 15) is 0 Å². The second-order valence-electron chi connectivity index (χ2n) is 4.70. The summed E-state index contributed by atoms with van der Waals surface area (Å²) in [7, 11) is 0. The van der Waals surface area contributed by atoms with E-state index in [0.29, 0.717) is 12.1 Å². The molecule has 0 spiro atoms. The first-order chi connectivity index (χ1) is 8.31. The van der Waals surface area contributed by atoms with Crippen molar-refractivity contribution in [1.82, 2.24) is 10.3 Å². The molecule has 1 aromatic heterocycles. The van der Waals surface area contributed by atoms with Gasteiger partial charge in [-0.15, -0.1) is 0 Å². The van der Waals surface area contributed by atoms with Crippen LogP contribution in [0.5, 0.6) is 5.88 Å². The van der Waals surface area contributed by atoms with E-state index in [2.05, 4.69) is 30.2 Å². The first kappa shape index (κ1) is 12.4. The highest BCUT2D eigenvalue weighted by Gasteiger charge is 2.19. The number of rotatable bonds is 5. The van der Waals surface area contributed by atoms with E-state index in [1.54, 1.807) is 0 Å². The second kappa shape index (κ2) is 6.01. The lowest BCUT2D eigenvalue weighted by molar-refractivity contribution is 0.197. The van der Waals surface area contributed by atoms with Crippen LogP contribution in [0.15, 0.2) is 18.3 Å². The van der Waals surface area contributed by atoms with Crippen molar-refractivity contribution >= 4 is 0 Å². The van der Waals surface area contributed by atoms with E-state index in [0.717, 1.165) is 12.4 Å². The summed E-state index contributed by atoms with van der Waals surface area (Å²) < 4.78 is 6.02. The zero-order chi connectivity index (χ0) is 12.1. The zero-order valence-corrected chi connectivity index (χ0v) is 10.8. The predicted octanol–water partition coefficient (Wildman–Crippen LogP) is 3.07. The van der Waals surface area contributed by atoms with Crippen LogP contribution in [0.25, 0.3) is 0 Å². The van der Waals surface area contributed by atoms with Crippen molar-refractivity contribution in [2.75, 3.05) is 6.54 Å². The van der Waals surface area contributed by atoms with Gasteiger partial charge < -0.3 is 10.1 Å². The molecular formula is C14H22N2O. The molecule has 0 aromatic carbocycles. The monoisotopic (exact) mass is 234 g/mol.